The second kappa shape index (κ2) is 5.71. The van der Waals surface area contributed by atoms with Crippen molar-refractivity contribution in [2.24, 2.45) is 0 Å². The average Bonchev–Trinajstić information content (AvgIpc) is 2.98. The highest BCUT2D eigenvalue weighted by Crippen LogP contribution is 2.27. The van der Waals surface area contributed by atoms with Crippen molar-refractivity contribution in [3.8, 4) is 6.07 Å². The Morgan fingerprint density at radius 3 is 2.40 bits per heavy atom. The topological polar surface area (TPSA) is 94.5 Å². The average molecular weight is 270 g/mol. The standard InChI is InChI=1S/C14H10N2O4/c15-9-11(12-7-4-8-20-12)16(13(17)14(18)19)10-5-2-1-3-6-10/h1-8,11H,(H,18,19). The van der Waals surface area contributed by atoms with Crippen LogP contribution in [0.3, 0.4) is 0 Å². The first kappa shape index (κ1) is 13.4. The minimum Gasteiger partial charge on any atom is -0.474 e. The monoisotopic (exact) mass is 270 g/mol. The highest BCUT2D eigenvalue weighted by atomic mass is 16.4. The second-order valence-electron chi connectivity index (χ2n) is 3.86. The highest BCUT2D eigenvalue weighted by Gasteiger charge is 2.32. The van der Waals surface area contributed by atoms with E-state index >= 15 is 0 Å². The Morgan fingerprint density at radius 1 is 1.20 bits per heavy atom. The van der Waals surface area contributed by atoms with Gasteiger partial charge in [-0.3, -0.25) is 9.69 Å². The van der Waals surface area contributed by atoms with Crippen LogP contribution >= 0.6 is 0 Å². The SMILES string of the molecule is N#CC(c1ccco1)N(C(=O)C(=O)O)c1ccccc1. The molecule has 0 fully saturated rings. The van der Waals surface area contributed by atoms with Crippen LogP contribution in [-0.4, -0.2) is 17.0 Å². The minimum atomic E-state index is -1.64. The number of carboxylic acid groups (broad SMARTS) is 1. The summed E-state index contributed by atoms with van der Waals surface area (Å²) >= 11 is 0. The van der Waals surface area contributed by atoms with E-state index in [0.717, 1.165) is 4.90 Å². The normalized spacial score (nSPS) is 11.3. The molecule has 0 aliphatic heterocycles. The van der Waals surface area contributed by atoms with Gasteiger partial charge in [-0.15, -0.1) is 0 Å². The molecule has 0 aliphatic rings. The number of hydrogen-bond donors (Lipinski definition) is 1. The zero-order valence-electron chi connectivity index (χ0n) is 10.3. The number of carbonyl (C=O) groups excluding carboxylic acids is 1. The van der Waals surface area contributed by atoms with Gasteiger partial charge in [0.2, 0.25) is 0 Å². The zero-order valence-corrected chi connectivity index (χ0v) is 10.3. The smallest absolute Gasteiger partial charge is 0.395 e. The zero-order chi connectivity index (χ0) is 14.5. The van der Waals surface area contributed by atoms with Gasteiger partial charge in [-0.1, -0.05) is 18.2 Å². The van der Waals surface area contributed by atoms with Gasteiger partial charge in [0.25, 0.3) is 0 Å². The van der Waals surface area contributed by atoms with Crippen molar-refractivity contribution < 1.29 is 19.1 Å². The first-order valence-electron chi connectivity index (χ1n) is 5.69. The third-order valence-corrected chi connectivity index (χ3v) is 2.63. The van der Waals surface area contributed by atoms with Crippen LogP contribution in [0.5, 0.6) is 0 Å². The van der Waals surface area contributed by atoms with Crippen molar-refractivity contribution in [3.05, 3.63) is 54.5 Å². The number of rotatable bonds is 3. The predicted octanol–water partition coefficient (Wildman–Crippen LogP) is 1.96. The van der Waals surface area contributed by atoms with Gasteiger partial charge in [-0.2, -0.15) is 5.26 Å². The van der Waals surface area contributed by atoms with Gasteiger partial charge in [0.05, 0.1) is 12.3 Å². The molecule has 1 N–H and O–H groups in total. The fourth-order valence-electron chi connectivity index (χ4n) is 1.77. The molecule has 0 spiro atoms. The lowest BCUT2D eigenvalue weighted by Crippen LogP contribution is -2.39. The summed E-state index contributed by atoms with van der Waals surface area (Å²) in [5, 5.41) is 18.2. The molecule has 1 atom stereocenters. The summed E-state index contributed by atoms with van der Waals surface area (Å²) in [6.45, 7) is 0. The van der Waals surface area contributed by atoms with E-state index in [2.05, 4.69) is 0 Å². The number of carboxylic acids is 1. The summed E-state index contributed by atoms with van der Waals surface area (Å²) in [6, 6.07) is 11.9. The quantitative estimate of drug-likeness (QED) is 0.860. The lowest BCUT2D eigenvalue weighted by atomic mass is 10.1. The fraction of sp³-hybridized carbons (Fsp3) is 0.0714. The lowest BCUT2D eigenvalue weighted by molar-refractivity contribution is -0.149. The molecule has 1 amide bonds. The van der Waals surface area contributed by atoms with E-state index in [1.807, 2.05) is 6.07 Å². The molecule has 20 heavy (non-hydrogen) atoms. The van der Waals surface area contributed by atoms with Crippen molar-refractivity contribution in [1.82, 2.24) is 0 Å². The van der Waals surface area contributed by atoms with Gasteiger partial charge in [0, 0.05) is 5.69 Å². The van der Waals surface area contributed by atoms with E-state index in [1.165, 1.54) is 12.3 Å². The number of amides is 1. The van der Waals surface area contributed by atoms with Crippen molar-refractivity contribution >= 4 is 17.6 Å². The maximum absolute atomic E-state index is 11.9. The first-order valence-corrected chi connectivity index (χ1v) is 5.69. The van der Waals surface area contributed by atoms with Gasteiger partial charge in [-0.25, -0.2) is 4.79 Å². The van der Waals surface area contributed by atoms with Crippen LogP contribution in [0.25, 0.3) is 0 Å². The number of furan rings is 1. The molecule has 0 aliphatic carbocycles. The molecule has 2 rings (SSSR count). The third-order valence-electron chi connectivity index (χ3n) is 2.63. The van der Waals surface area contributed by atoms with Gasteiger partial charge in [0.15, 0.2) is 6.04 Å². The Labute approximate surface area is 114 Å². The van der Waals surface area contributed by atoms with E-state index < -0.39 is 17.9 Å². The van der Waals surface area contributed by atoms with Gasteiger partial charge >= 0.3 is 11.9 Å². The Morgan fingerprint density at radius 2 is 1.90 bits per heavy atom. The van der Waals surface area contributed by atoms with Crippen LogP contribution in [0.4, 0.5) is 5.69 Å². The molecule has 0 radical (unpaired) electrons. The number of benzene rings is 1. The van der Waals surface area contributed by atoms with Crippen LogP contribution in [0.2, 0.25) is 0 Å². The van der Waals surface area contributed by atoms with Gasteiger partial charge in [-0.05, 0) is 24.3 Å². The summed E-state index contributed by atoms with van der Waals surface area (Å²) in [7, 11) is 0. The second-order valence-corrected chi connectivity index (χ2v) is 3.86. The predicted molar refractivity (Wildman–Crippen MR) is 68.6 cm³/mol. The molecule has 0 saturated heterocycles. The Kier molecular flexibility index (Phi) is 3.82. The van der Waals surface area contributed by atoms with Crippen molar-refractivity contribution in [2.75, 3.05) is 4.90 Å². The summed E-state index contributed by atoms with van der Waals surface area (Å²) < 4.78 is 5.11. The maximum Gasteiger partial charge on any atom is 0.395 e. The van der Waals surface area contributed by atoms with E-state index in [0.29, 0.717) is 5.69 Å². The number of para-hydroxylation sites is 1. The van der Waals surface area contributed by atoms with E-state index in [4.69, 9.17) is 9.52 Å². The van der Waals surface area contributed by atoms with Crippen LogP contribution < -0.4 is 4.90 Å². The molecule has 0 bridgehead atoms. The summed E-state index contributed by atoms with van der Waals surface area (Å²) in [4.78, 5) is 23.7. The van der Waals surface area contributed by atoms with Crippen molar-refractivity contribution in [2.45, 2.75) is 6.04 Å². The Balaban J connectivity index is 2.49. The van der Waals surface area contributed by atoms with E-state index in [9.17, 15) is 14.9 Å². The van der Waals surface area contributed by atoms with E-state index in [1.54, 1.807) is 36.4 Å². The minimum absolute atomic E-state index is 0.200. The number of carbonyl (C=O) groups is 2. The largest absolute Gasteiger partial charge is 0.474 e. The molecular formula is C14H10N2O4. The number of aliphatic carboxylic acids is 1. The fourth-order valence-corrected chi connectivity index (χ4v) is 1.77. The molecule has 1 heterocycles. The highest BCUT2D eigenvalue weighted by molar-refractivity contribution is 6.37. The first-order chi connectivity index (χ1) is 9.65. The molecule has 2 aromatic rings. The molecule has 1 aromatic heterocycles. The number of nitrogens with zero attached hydrogens (tertiary/aromatic N) is 2. The molecule has 1 unspecified atom stereocenters. The van der Waals surface area contributed by atoms with Gasteiger partial charge < -0.3 is 9.52 Å². The van der Waals surface area contributed by atoms with Crippen LogP contribution in [0.1, 0.15) is 11.8 Å². The Bertz CT molecular complexity index is 644. The number of nitriles is 1. The van der Waals surface area contributed by atoms with Gasteiger partial charge in [0.1, 0.15) is 5.76 Å². The van der Waals surface area contributed by atoms with Crippen molar-refractivity contribution in [1.29, 1.82) is 5.26 Å². The van der Waals surface area contributed by atoms with Crippen LogP contribution in [-0.2, 0) is 9.59 Å². The van der Waals surface area contributed by atoms with Crippen LogP contribution in [0, 0.1) is 11.3 Å². The van der Waals surface area contributed by atoms with E-state index in [-0.39, 0.29) is 5.76 Å². The molecule has 6 nitrogen and oxygen atoms in total. The van der Waals surface area contributed by atoms with Crippen LogP contribution in [0.15, 0.2) is 53.1 Å². The third kappa shape index (κ3) is 2.52. The molecular weight excluding hydrogens is 260 g/mol. The summed E-state index contributed by atoms with van der Waals surface area (Å²) in [6.07, 6.45) is 1.36. The number of anilines is 1. The maximum atomic E-state index is 11.9. The molecule has 100 valence electrons. The molecule has 0 saturated carbocycles. The Hall–Kier alpha value is -3.07. The molecule has 6 heteroatoms. The summed E-state index contributed by atoms with van der Waals surface area (Å²) in [5.41, 5.74) is 0.308. The molecule has 1 aromatic carbocycles. The lowest BCUT2D eigenvalue weighted by Gasteiger charge is -2.24. The summed E-state index contributed by atoms with van der Waals surface area (Å²) in [5.74, 6) is -2.63. The van der Waals surface area contributed by atoms with Crippen molar-refractivity contribution in [3.63, 3.8) is 0 Å². The number of hydrogen-bond acceptors (Lipinski definition) is 4.